The van der Waals surface area contributed by atoms with Crippen LogP contribution in [0.5, 0.6) is 0 Å². The molecule has 0 bridgehead atoms. The van der Waals surface area contributed by atoms with Crippen molar-refractivity contribution >= 4 is 10.0 Å². The molecular weight excluding hydrogens is 300 g/mol. The molecule has 3 rings (SSSR count). The molecule has 0 radical (unpaired) electrons. The van der Waals surface area contributed by atoms with Crippen LogP contribution in [0.2, 0.25) is 0 Å². The van der Waals surface area contributed by atoms with Crippen molar-refractivity contribution in [3.8, 4) is 17.1 Å². The fraction of sp³-hybridized carbons (Fsp3) is 0.0667. The second-order valence-corrected chi connectivity index (χ2v) is 6.42. The molecule has 2 N–H and O–H groups in total. The van der Waals surface area contributed by atoms with E-state index in [4.69, 9.17) is 5.14 Å². The maximum absolute atomic E-state index is 11.3. The minimum absolute atomic E-state index is 0.0796. The van der Waals surface area contributed by atoms with E-state index in [-0.39, 0.29) is 4.90 Å². The first-order valence-electron chi connectivity index (χ1n) is 6.55. The molecule has 112 valence electrons. The summed E-state index contributed by atoms with van der Waals surface area (Å²) in [5.74, 6) is 0.744. The number of primary sulfonamides is 1. The summed E-state index contributed by atoms with van der Waals surface area (Å²) in [5, 5.41) is 5.12. The first kappa shape index (κ1) is 14.4. The summed E-state index contributed by atoms with van der Waals surface area (Å²) in [6.07, 6.45) is 5.32. The summed E-state index contributed by atoms with van der Waals surface area (Å²) in [6.45, 7) is 1.90. The fourth-order valence-electron chi connectivity index (χ4n) is 2.19. The third-order valence-corrected chi connectivity index (χ3v) is 4.12. The average Bonchev–Trinajstić information content (AvgIpc) is 2.89. The Kier molecular flexibility index (Phi) is 3.51. The van der Waals surface area contributed by atoms with Gasteiger partial charge in [0.2, 0.25) is 10.0 Å². The zero-order chi connectivity index (χ0) is 15.7. The summed E-state index contributed by atoms with van der Waals surface area (Å²) in [6, 6.07) is 10.1. The monoisotopic (exact) mass is 314 g/mol. The molecule has 0 aliphatic carbocycles. The molecule has 0 amide bonds. The van der Waals surface area contributed by atoms with Crippen LogP contribution in [0.4, 0.5) is 0 Å². The minimum Gasteiger partial charge on any atom is -0.299 e. The van der Waals surface area contributed by atoms with E-state index in [1.54, 1.807) is 24.5 Å². The van der Waals surface area contributed by atoms with Gasteiger partial charge in [-0.15, -0.1) is 0 Å². The van der Waals surface area contributed by atoms with Crippen molar-refractivity contribution in [1.29, 1.82) is 0 Å². The van der Waals surface area contributed by atoms with Crippen molar-refractivity contribution < 1.29 is 8.42 Å². The van der Waals surface area contributed by atoms with E-state index in [9.17, 15) is 8.42 Å². The molecule has 0 fully saturated rings. The topological polar surface area (TPSA) is 90.9 Å². The number of rotatable bonds is 3. The highest BCUT2D eigenvalue weighted by molar-refractivity contribution is 7.89. The molecule has 0 saturated heterocycles. The van der Waals surface area contributed by atoms with Gasteiger partial charge in [-0.3, -0.25) is 9.55 Å². The third-order valence-electron chi connectivity index (χ3n) is 3.19. The molecule has 7 heteroatoms. The molecular formula is C15H14N4O2S. The number of nitrogens with two attached hydrogens (primary N) is 1. The molecule has 0 unspecified atom stereocenters. The molecule has 3 aromatic rings. The Bertz CT molecular complexity index is 900. The lowest BCUT2D eigenvalue weighted by atomic mass is 10.2. The highest BCUT2D eigenvalue weighted by Gasteiger charge is 2.12. The quantitative estimate of drug-likeness (QED) is 0.799. The molecule has 0 saturated carbocycles. The molecule has 0 spiro atoms. The number of benzene rings is 1. The zero-order valence-electron chi connectivity index (χ0n) is 11.8. The molecule has 2 heterocycles. The number of sulfonamides is 1. The van der Waals surface area contributed by atoms with Gasteiger partial charge in [0.25, 0.3) is 0 Å². The molecule has 0 aliphatic rings. The van der Waals surface area contributed by atoms with Crippen molar-refractivity contribution in [1.82, 2.24) is 14.5 Å². The Morgan fingerprint density at radius 1 is 1.14 bits per heavy atom. The third kappa shape index (κ3) is 2.76. The van der Waals surface area contributed by atoms with E-state index in [0.717, 1.165) is 22.8 Å². The van der Waals surface area contributed by atoms with Gasteiger partial charge in [-0.05, 0) is 43.3 Å². The second-order valence-electron chi connectivity index (χ2n) is 4.86. The first-order chi connectivity index (χ1) is 10.4. The maximum Gasteiger partial charge on any atom is 0.238 e. The van der Waals surface area contributed by atoms with Crippen LogP contribution < -0.4 is 5.14 Å². The predicted molar refractivity (Wildman–Crippen MR) is 82.9 cm³/mol. The number of imidazole rings is 1. The van der Waals surface area contributed by atoms with Crippen molar-refractivity contribution in [2.75, 3.05) is 0 Å². The Balaban J connectivity index is 2.10. The predicted octanol–water partition coefficient (Wildman–Crippen LogP) is 1.89. The summed E-state index contributed by atoms with van der Waals surface area (Å²) >= 11 is 0. The largest absolute Gasteiger partial charge is 0.299 e. The van der Waals surface area contributed by atoms with E-state index in [1.165, 1.54) is 12.1 Å². The van der Waals surface area contributed by atoms with Gasteiger partial charge in [0.05, 0.1) is 10.6 Å². The van der Waals surface area contributed by atoms with Gasteiger partial charge in [0, 0.05) is 29.8 Å². The number of hydrogen-bond acceptors (Lipinski definition) is 4. The van der Waals surface area contributed by atoms with E-state index >= 15 is 0 Å². The number of aryl methyl sites for hydroxylation is 1. The van der Waals surface area contributed by atoms with Crippen molar-refractivity contribution in [3.63, 3.8) is 0 Å². The van der Waals surface area contributed by atoms with Crippen LogP contribution in [0.25, 0.3) is 17.1 Å². The van der Waals surface area contributed by atoms with Gasteiger partial charge in [-0.2, -0.15) is 0 Å². The Labute approximate surface area is 128 Å². The second kappa shape index (κ2) is 5.36. The van der Waals surface area contributed by atoms with Gasteiger partial charge >= 0.3 is 0 Å². The van der Waals surface area contributed by atoms with Crippen molar-refractivity contribution in [2.45, 2.75) is 11.8 Å². The lowest BCUT2D eigenvalue weighted by molar-refractivity contribution is 0.598. The molecule has 1 aromatic carbocycles. The lowest BCUT2D eigenvalue weighted by Gasteiger charge is -2.08. The standard InChI is InChI=1S/C15H14N4O2S/c1-11-10-19(15(18-11)12-3-2-8-17-9-12)13-4-6-14(7-5-13)22(16,20)21/h2-10H,1H3,(H2,16,20,21). The molecule has 2 aromatic heterocycles. The molecule has 6 nitrogen and oxygen atoms in total. The summed E-state index contributed by atoms with van der Waals surface area (Å²) in [4.78, 5) is 8.69. The van der Waals surface area contributed by atoms with Crippen LogP contribution in [0.1, 0.15) is 5.69 Å². The van der Waals surface area contributed by atoms with Gasteiger partial charge in [0.15, 0.2) is 0 Å². The van der Waals surface area contributed by atoms with Gasteiger partial charge in [-0.25, -0.2) is 18.5 Å². The summed E-state index contributed by atoms with van der Waals surface area (Å²) in [5.41, 5.74) is 2.53. The van der Waals surface area contributed by atoms with Gasteiger partial charge in [-0.1, -0.05) is 0 Å². The number of hydrogen-bond donors (Lipinski definition) is 1. The lowest BCUT2D eigenvalue weighted by Crippen LogP contribution is -2.12. The zero-order valence-corrected chi connectivity index (χ0v) is 12.7. The fourth-order valence-corrected chi connectivity index (χ4v) is 2.71. The Morgan fingerprint density at radius 3 is 2.45 bits per heavy atom. The van der Waals surface area contributed by atoms with E-state index in [2.05, 4.69) is 9.97 Å². The van der Waals surface area contributed by atoms with E-state index in [1.807, 2.05) is 29.8 Å². The normalized spacial score (nSPS) is 11.5. The van der Waals surface area contributed by atoms with Crippen LogP contribution in [0.3, 0.4) is 0 Å². The van der Waals surface area contributed by atoms with Crippen LogP contribution in [-0.4, -0.2) is 23.0 Å². The molecule has 0 atom stereocenters. The average molecular weight is 314 g/mol. The maximum atomic E-state index is 11.3. The van der Waals surface area contributed by atoms with Crippen LogP contribution in [0, 0.1) is 6.92 Å². The van der Waals surface area contributed by atoms with Gasteiger partial charge in [0.1, 0.15) is 5.82 Å². The SMILES string of the molecule is Cc1cn(-c2ccc(S(N)(=O)=O)cc2)c(-c2cccnc2)n1. The first-order valence-corrected chi connectivity index (χ1v) is 8.09. The van der Waals surface area contributed by atoms with Crippen molar-refractivity contribution in [3.05, 3.63) is 60.7 Å². The van der Waals surface area contributed by atoms with Crippen LogP contribution in [-0.2, 0) is 10.0 Å². The Hall–Kier alpha value is -2.51. The molecule has 0 aliphatic heterocycles. The van der Waals surface area contributed by atoms with Crippen LogP contribution in [0.15, 0.2) is 59.9 Å². The summed E-state index contributed by atoms with van der Waals surface area (Å²) < 4.78 is 24.5. The van der Waals surface area contributed by atoms with Crippen molar-refractivity contribution in [2.24, 2.45) is 5.14 Å². The van der Waals surface area contributed by atoms with E-state index in [0.29, 0.717) is 0 Å². The summed E-state index contributed by atoms with van der Waals surface area (Å²) in [7, 11) is -3.69. The number of pyridine rings is 1. The highest BCUT2D eigenvalue weighted by Crippen LogP contribution is 2.23. The Morgan fingerprint density at radius 2 is 1.86 bits per heavy atom. The van der Waals surface area contributed by atoms with Gasteiger partial charge < -0.3 is 0 Å². The minimum atomic E-state index is -3.69. The number of aromatic nitrogens is 3. The molecule has 22 heavy (non-hydrogen) atoms. The van der Waals surface area contributed by atoms with E-state index < -0.39 is 10.0 Å². The smallest absolute Gasteiger partial charge is 0.238 e. The highest BCUT2D eigenvalue weighted by atomic mass is 32.2. The van der Waals surface area contributed by atoms with Crippen LogP contribution >= 0.6 is 0 Å². The number of nitrogens with zero attached hydrogens (tertiary/aromatic N) is 3.